The van der Waals surface area contributed by atoms with E-state index >= 15 is 0 Å². The van der Waals surface area contributed by atoms with Crippen LogP contribution in [0.2, 0.25) is 0 Å². The molecule has 4 heteroatoms. The number of nitrogens with two attached hydrogens (primary N) is 1. The standard InChI is InChI=1S/C19H15NO2S/c20-23(21,22)15-10-8-13(9-11-15)16-6-3-7-18-17-5-2-1-4-14(17)12-19(16)18/h1-11H,12H2,(H2,20,21,22). The fraction of sp³-hybridized carbons (Fsp3) is 0.0526. The Hall–Kier alpha value is -2.43. The Labute approximate surface area is 135 Å². The second kappa shape index (κ2) is 5.05. The van der Waals surface area contributed by atoms with Gasteiger partial charge < -0.3 is 0 Å². The highest BCUT2D eigenvalue weighted by Gasteiger charge is 2.21. The third-order valence-corrected chi connectivity index (χ3v) is 5.27. The van der Waals surface area contributed by atoms with Crippen molar-refractivity contribution in [3.63, 3.8) is 0 Å². The van der Waals surface area contributed by atoms with Crippen molar-refractivity contribution < 1.29 is 8.42 Å². The van der Waals surface area contributed by atoms with E-state index in [0.717, 1.165) is 17.5 Å². The second-order valence-electron chi connectivity index (χ2n) is 5.73. The minimum Gasteiger partial charge on any atom is -0.225 e. The molecule has 0 fully saturated rings. The summed E-state index contributed by atoms with van der Waals surface area (Å²) in [6.07, 6.45) is 0.901. The fourth-order valence-corrected chi connectivity index (χ4v) is 3.77. The van der Waals surface area contributed by atoms with E-state index in [9.17, 15) is 8.42 Å². The highest BCUT2D eigenvalue weighted by molar-refractivity contribution is 7.89. The summed E-state index contributed by atoms with van der Waals surface area (Å²) in [7, 11) is -3.66. The first kappa shape index (κ1) is 14.2. The lowest BCUT2D eigenvalue weighted by Gasteiger charge is -2.09. The van der Waals surface area contributed by atoms with E-state index in [-0.39, 0.29) is 4.90 Å². The van der Waals surface area contributed by atoms with Crippen molar-refractivity contribution in [1.82, 2.24) is 0 Å². The average molecular weight is 321 g/mol. The lowest BCUT2D eigenvalue weighted by molar-refractivity contribution is 0.598. The Morgan fingerprint density at radius 3 is 2.13 bits per heavy atom. The normalized spacial score (nSPS) is 12.7. The molecular weight excluding hydrogens is 306 g/mol. The Bertz CT molecular complexity index is 1010. The van der Waals surface area contributed by atoms with Gasteiger partial charge in [-0.25, -0.2) is 13.6 Å². The first-order valence-electron chi connectivity index (χ1n) is 7.37. The van der Waals surface area contributed by atoms with Gasteiger partial charge in [-0.05, 0) is 51.9 Å². The molecule has 1 aliphatic rings. The Morgan fingerprint density at radius 1 is 0.739 bits per heavy atom. The number of hydrogen-bond donors (Lipinski definition) is 1. The van der Waals surface area contributed by atoms with E-state index in [4.69, 9.17) is 5.14 Å². The number of rotatable bonds is 2. The maximum Gasteiger partial charge on any atom is 0.238 e. The molecule has 0 saturated heterocycles. The van der Waals surface area contributed by atoms with Gasteiger partial charge in [0.25, 0.3) is 0 Å². The van der Waals surface area contributed by atoms with Crippen LogP contribution in [0.15, 0.2) is 71.6 Å². The van der Waals surface area contributed by atoms with Crippen molar-refractivity contribution in [3.05, 3.63) is 77.9 Å². The summed E-state index contributed by atoms with van der Waals surface area (Å²) in [4.78, 5) is 0.136. The maximum absolute atomic E-state index is 11.4. The minimum absolute atomic E-state index is 0.136. The summed E-state index contributed by atoms with van der Waals surface area (Å²) in [5.41, 5.74) is 7.30. The van der Waals surface area contributed by atoms with Gasteiger partial charge >= 0.3 is 0 Å². The van der Waals surface area contributed by atoms with E-state index in [1.807, 2.05) is 18.2 Å². The third-order valence-electron chi connectivity index (χ3n) is 4.34. The number of benzene rings is 3. The van der Waals surface area contributed by atoms with Gasteiger partial charge in [0.2, 0.25) is 10.0 Å². The van der Waals surface area contributed by atoms with Crippen molar-refractivity contribution in [2.75, 3.05) is 0 Å². The first-order valence-corrected chi connectivity index (χ1v) is 8.92. The van der Waals surface area contributed by atoms with Crippen molar-refractivity contribution in [2.45, 2.75) is 11.3 Å². The van der Waals surface area contributed by atoms with Gasteiger partial charge in [-0.15, -0.1) is 0 Å². The molecule has 0 saturated carbocycles. The molecule has 0 bridgehead atoms. The molecular formula is C19H15NO2S. The van der Waals surface area contributed by atoms with Gasteiger partial charge in [-0.1, -0.05) is 54.6 Å². The van der Waals surface area contributed by atoms with Crippen molar-refractivity contribution in [1.29, 1.82) is 0 Å². The third kappa shape index (κ3) is 2.36. The summed E-state index contributed by atoms with van der Waals surface area (Å²) >= 11 is 0. The van der Waals surface area contributed by atoms with Gasteiger partial charge in [0, 0.05) is 0 Å². The van der Waals surface area contributed by atoms with Gasteiger partial charge in [0.1, 0.15) is 0 Å². The second-order valence-corrected chi connectivity index (χ2v) is 7.30. The molecule has 0 aliphatic heterocycles. The predicted molar refractivity (Wildman–Crippen MR) is 91.5 cm³/mol. The van der Waals surface area contributed by atoms with Gasteiger partial charge in [0.05, 0.1) is 4.90 Å². The number of hydrogen-bond acceptors (Lipinski definition) is 2. The van der Waals surface area contributed by atoms with Gasteiger partial charge in [-0.3, -0.25) is 0 Å². The molecule has 3 aromatic rings. The zero-order valence-electron chi connectivity index (χ0n) is 12.4. The van der Waals surface area contributed by atoms with E-state index in [1.165, 1.54) is 22.3 Å². The van der Waals surface area contributed by atoms with Crippen LogP contribution in [0, 0.1) is 0 Å². The molecule has 3 nitrogen and oxygen atoms in total. The molecule has 23 heavy (non-hydrogen) atoms. The molecule has 0 spiro atoms. The van der Waals surface area contributed by atoms with Crippen LogP contribution in [0.5, 0.6) is 0 Å². The van der Waals surface area contributed by atoms with Crippen molar-refractivity contribution in [3.8, 4) is 22.3 Å². The summed E-state index contributed by atoms with van der Waals surface area (Å²) in [6, 6.07) is 21.4. The highest BCUT2D eigenvalue weighted by atomic mass is 32.2. The largest absolute Gasteiger partial charge is 0.238 e. The SMILES string of the molecule is NS(=O)(=O)c1ccc(-c2cccc3c2Cc2ccccc2-3)cc1. The molecule has 4 rings (SSSR count). The van der Waals surface area contributed by atoms with Crippen LogP contribution in [-0.2, 0) is 16.4 Å². The molecule has 0 amide bonds. The van der Waals surface area contributed by atoms with Crippen LogP contribution >= 0.6 is 0 Å². The zero-order chi connectivity index (χ0) is 16.0. The predicted octanol–water partition coefficient (Wildman–Crippen LogP) is 3.57. The zero-order valence-corrected chi connectivity index (χ0v) is 13.2. The molecule has 2 N–H and O–H groups in total. The number of primary sulfonamides is 1. The quantitative estimate of drug-likeness (QED) is 0.613. The minimum atomic E-state index is -3.66. The molecule has 1 aliphatic carbocycles. The first-order chi connectivity index (χ1) is 11.0. The summed E-state index contributed by atoms with van der Waals surface area (Å²) in [6.45, 7) is 0. The van der Waals surface area contributed by atoms with Gasteiger partial charge in [-0.2, -0.15) is 0 Å². The van der Waals surface area contributed by atoms with Crippen LogP contribution < -0.4 is 5.14 Å². The molecule has 0 unspecified atom stereocenters. The number of fused-ring (bicyclic) bond motifs is 3. The van der Waals surface area contributed by atoms with E-state index in [0.29, 0.717) is 0 Å². The van der Waals surface area contributed by atoms with Crippen molar-refractivity contribution >= 4 is 10.0 Å². The average Bonchev–Trinajstić information content (AvgIpc) is 2.93. The molecule has 0 radical (unpaired) electrons. The smallest absolute Gasteiger partial charge is 0.225 e. The summed E-state index contributed by atoms with van der Waals surface area (Å²) < 4.78 is 22.8. The maximum atomic E-state index is 11.4. The molecule has 3 aromatic carbocycles. The topological polar surface area (TPSA) is 60.2 Å². The molecule has 114 valence electrons. The monoisotopic (exact) mass is 321 g/mol. The summed E-state index contributed by atoms with van der Waals surface area (Å²) in [5.74, 6) is 0. The van der Waals surface area contributed by atoms with E-state index < -0.39 is 10.0 Å². The van der Waals surface area contributed by atoms with Crippen LogP contribution in [0.1, 0.15) is 11.1 Å². The Balaban J connectivity index is 1.83. The summed E-state index contributed by atoms with van der Waals surface area (Å²) in [5, 5.41) is 5.17. The number of sulfonamides is 1. The molecule has 0 atom stereocenters. The van der Waals surface area contributed by atoms with Crippen LogP contribution in [-0.4, -0.2) is 8.42 Å². The van der Waals surface area contributed by atoms with Crippen LogP contribution in [0.3, 0.4) is 0 Å². The lowest BCUT2D eigenvalue weighted by Crippen LogP contribution is -2.11. The highest BCUT2D eigenvalue weighted by Crippen LogP contribution is 2.41. The van der Waals surface area contributed by atoms with Crippen LogP contribution in [0.4, 0.5) is 0 Å². The lowest BCUT2D eigenvalue weighted by atomic mass is 9.96. The Morgan fingerprint density at radius 2 is 1.39 bits per heavy atom. The molecule has 0 aromatic heterocycles. The fourth-order valence-electron chi connectivity index (χ4n) is 3.25. The van der Waals surface area contributed by atoms with Crippen molar-refractivity contribution in [2.24, 2.45) is 5.14 Å². The van der Waals surface area contributed by atoms with Gasteiger partial charge in [0.15, 0.2) is 0 Å². The van der Waals surface area contributed by atoms with Crippen LogP contribution in [0.25, 0.3) is 22.3 Å². The molecule has 0 heterocycles. The Kier molecular flexibility index (Phi) is 3.11. The van der Waals surface area contributed by atoms with E-state index in [2.05, 4.69) is 36.4 Å². The van der Waals surface area contributed by atoms with E-state index in [1.54, 1.807) is 12.1 Å².